The Morgan fingerprint density at radius 3 is 2.81 bits per heavy atom. The van der Waals surface area contributed by atoms with Crippen LogP contribution in [0.25, 0.3) is 0 Å². The Kier molecular flexibility index (Phi) is 10.8. The Balaban J connectivity index is 0.00000364. The lowest BCUT2D eigenvalue weighted by Crippen LogP contribution is -2.45. The molecule has 1 aliphatic heterocycles. The monoisotopic (exact) mass is 508 g/mol. The van der Waals surface area contributed by atoms with Gasteiger partial charge >= 0.3 is 0 Å². The molecule has 27 heavy (non-hydrogen) atoms. The van der Waals surface area contributed by atoms with E-state index < -0.39 is 0 Å². The first kappa shape index (κ1) is 23.8. The second kappa shape index (κ2) is 12.3. The van der Waals surface area contributed by atoms with Gasteiger partial charge in [-0.1, -0.05) is 30.7 Å². The number of rotatable bonds is 7. The van der Waals surface area contributed by atoms with E-state index in [0.717, 1.165) is 32.0 Å². The Hall–Kier alpha value is -1.22. The summed E-state index contributed by atoms with van der Waals surface area (Å²) in [6.45, 7) is 8.70. The summed E-state index contributed by atoms with van der Waals surface area (Å²) in [6, 6.07) is 7.65. The van der Waals surface area contributed by atoms with Gasteiger partial charge in [0, 0.05) is 32.1 Å². The Morgan fingerprint density at radius 1 is 1.41 bits per heavy atom. The molecule has 152 valence electrons. The van der Waals surface area contributed by atoms with Gasteiger partial charge in [-0.25, -0.2) is 4.99 Å². The van der Waals surface area contributed by atoms with Gasteiger partial charge in [-0.15, -0.1) is 24.0 Å². The second-order valence-electron chi connectivity index (χ2n) is 6.40. The Morgan fingerprint density at radius 2 is 2.15 bits per heavy atom. The van der Waals surface area contributed by atoms with Gasteiger partial charge in [0.05, 0.1) is 11.6 Å². The highest BCUT2D eigenvalue weighted by Crippen LogP contribution is 2.24. The molecule has 2 N–H and O–H groups in total. The molecule has 0 radical (unpaired) electrons. The van der Waals surface area contributed by atoms with E-state index in [0.29, 0.717) is 23.7 Å². The van der Waals surface area contributed by atoms with Gasteiger partial charge in [0.25, 0.3) is 0 Å². The van der Waals surface area contributed by atoms with Gasteiger partial charge in [0.15, 0.2) is 5.96 Å². The van der Waals surface area contributed by atoms with Crippen LogP contribution >= 0.6 is 35.6 Å². The van der Waals surface area contributed by atoms with Crippen LogP contribution in [0.3, 0.4) is 0 Å². The molecule has 1 heterocycles. The molecule has 1 saturated heterocycles. The maximum atomic E-state index is 11.8. The average Bonchev–Trinajstić information content (AvgIpc) is 3.10. The van der Waals surface area contributed by atoms with Crippen LogP contribution in [0.5, 0.6) is 5.75 Å². The number of halogens is 2. The maximum absolute atomic E-state index is 11.8. The lowest BCUT2D eigenvalue weighted by molar-refractivity contribution is -0.129. The van der Waals surface area contributed by atoms with Crippen LogP contribution in [0, 0.1) is 0 Å². The molecule has 6 nitrogen and oxygen atoms in total. The average molecular weight is 509 g/mol. The van der Waals surface area contributed by atoms with E-state index in [1.807, 2.05) is 49.9 Å². The minimum atomic E-state index is -0.105. The van der Waals surface area contributed by atoms with Gasteiger partial charge in [-0.3, -0.25) is 4.79 Å². The number of hydrogen-bond donors (Lipinski definition) is 2. The minimum absolute atomic E-state index is 0. The molecule has 0 aliphatic carbocycles. The number of likely N-dealkylation sites (tertiary alicyclic amines) is 1. The van der Waals surface area contributed by atoms with Crippen molar-refractivity contribution in [2.45, 2.75) is 45.8 Å². The first-order chi connectivity index (χ1) is 12.5. The number of hydrogen-bond acceptors (Lipinski definition) is 3. The summed E-state index contributed by atoms with van der Waals surface area (Å²) < 4.78 is 5.86. The number of carbonyl (C=O) groups excluding carboxylic acids is 1. The van der Waals surface area contributed by atoms with E-state index >= 15 is 0 Å². The van der Waals surface area contributed by atoms with Gasteiger partial charge in [0.1, 0.15) is 11.9 Å². The molecule has 1 amide bonds. The molecule has 0 aromatic heterocycles. The fraction of sp³-hybridized carbons (Fsp3) is 0.579. The fourth-order valence-electron chi connectivity index (χ4n) is 2.86. The molecule has 0 spiro atoms. The van der Waals surface area contributed by atoms with Crippen molar-refractivity contribution in [1.29, 1.82) is 0 Å². The highest BCUT2D eigenvalue weighted by atomic mass is 127. The standard InChI is InChI=1S/C19H29ClN4O2.HI/c1-4-18(25)24-11-10-15(13-24)23-19(21-5-2)22-12-14(3)26-17-9-7-6-8-16(17)20;/h6-9,14-15H,4-5,10-13H2,1-3H3,(H2,21,22,23);1H. The van der Waals surface area contributed by atoms with Gasteiger partial charge in [-0.2, -0.15) is 0 Å². The van der Waals surface area contributed by atoms with Crippen molar-refractivity contribution >= 4 is 47.4 Å². The van der Waals surface area contributed by atoms with Crippen molar-refractivity contribution in [2.75, 3.05) is 26.2 Å². The summed E-state index contributed by atoms with van der Waals surface area (Å²) >= 11 is 6.13. The summed E-state index contributed by atoms with van der Waals surface area (Å²) in [6.07, 6.45) is 1.38. The number of amides is 1. The van der Waals surface area contributed by atoms with Gasteiger partial charge in [0.2, 0.25) is 5.91 Å². The predicted octanol–water partition coefficient (Wildman–Crippen LogP) is 3.29. The van der Waals surface area contributed by atoms with Crippen molar-refractivity contribution in [3.63, 3.8) is 0 Å². The number of aliphatic imine (C=N–C) groups is 1. The minimum Gasteiger partial charge on any atom is -0.487 e. The summed E-state index contributed by atoms with van der Waals surface area (Å²) in [5.41, 5.74) is 0. The van der Waals surface area contributed by atoms with E-state index in [1.54, 1.807) is 0 Å². The molecule has 1 fully saturated rings. The number of carbonyl (C=O) groups is 1. The number of nitrogens with one attached hydrogen (secondary N) is 2. The second-order valence-corrected chi connectivity index (χ2v) is 6.81. The van der Waals surface area contributed by atoms with Crippen molar-refractivity contribution < 1.29 is 9.53 Å². The first-order valence-electron chi connectivity index (χ1n) is 9.27. The van der Waals surface area contributed by atoms with Crippen LogP contribution in [-0.4, -0.2) is 55.1 Å². The third-order valence-corrected chi connectivity index (χ3v) is 4.51. The Labute approximate surface area is 184 Å². The fourth-order valence-corrected chi connectivity index (χ4v) is 3.04. The third-order valence-electron chi connectivity index (χ3n) is 4.20. The van der Waals surface area contributed by atoms with E-state index in [1.165, 1.54) is 0 Å². The summed E-state index contributed by atoms with van der Waals surface area (Å²) in [5.74, 6) is 1.62. The van der Waals surface area contributed by atoms with Gasteiger partial charge in [-0.05, 0) is 32.4 Å². The van der Waals surface area contributed by atoms with Crippen LogP contribution in [0.15, 0.2) is 29.3 Å². The zero-order chi connectivity index (χ0) is 18.9. The molecule has 8 heteroatoms. The van der Waals surface area contributed by atoms with Crippen molar-refractivity contribution in [2.24, 2.45) is 4.99 Å². The summed E-state index contributed by atoms with van der Waals surface area (Å²) in [5, 5.41) is 7.27. The molecule has 1 aliphatic rings. The molecule has 2 rings (SSSR count). The predicted molar refractivity (Wildman–Crippen MR) is 121 cm³/mol. The largest absolute Gasteiger partial charge is 0.487 e. The lowest BCUT2D eigenvalue weighted by Gasteiger charge is -2.19. The van der Waals surface area contributed by atoms with Crippen LogP contribution in [0.1, 0.15) is 33.6 Å². The number of benzene rings is 1. The molecule has 1 aromatic rings. The summed E-state index contributed by atoms with van der Waals surface area (Å²) in [7, 11) is 0. The molecule has 1 aromatic carbocycles. The molecule has 2 unspecified atom stereocenters. The number of guanidine groups is 1. The highest BCUT2D eigenvalue weighted by molar-refractivity contribution is 14.0. The molecule has 2 atom stereocenters. The maximum Gasteiger partial charge on any atom is 0.222 e. The van der Waals surface area contributed by atoms with Crippen molar-refractivity contribution in [3.05, 3.63) is 29.3 Å². The van der Waals surface area contributed by atoms with Crippen LogP contribution < -0.4 is 15.4 Å². The topological polar surface area (TPSA) is 66.0 Å². The van der Waals surface area contributed by atoms with E-state index in [2.05, 4.69) is 15.6 Å². The van der Waals surface area contributed by atoms with E-state index in [-0.39, 0.29) is 42.0 Å². The number of para-hydroxylation sites is 1. The quantitative estimate of drug-likeness (QED) is 0.337. The van der Waals surface area contributed by atoms with E-state index in [9.17, 15) is 4.79 Å². The number of nitrogens with zero attached hydrogens (tertiary/aromatic N) is 2. The van der Waals surface area contributed by atoms with Crippen LogP contribution in [0.2, 0.25) is 5.02 Å². The smallest absolute Gasteiger partial charge is 0.222 e. The van der Waals surface area contributed by atoms with E-state index in [4.69, 9.17) is 16.3 Å². The van der Waals surface area contributed by atoms with Crippen LogP contribution in [-0.2, 0) is 4.79 Å². The lowest BCUT2D eigenvalue weighted by atomic mass is 10.3. The first-order valence-corrected chi connectivity index (χ1v) is 9.65. The zero-order valence-electron chi connectivity index (χ0n) is 16.2. The normalized spacial score (nSPS) is 17.9. The SMILES string of the molecule is CCNC(=NCC(C)Oc1ccccc1Cl)NC1CCN(C(=O)CC)C1.I. The third kappa shape index (κ3) is 7.73. The number of ether oxygens (including phenoxy) is 1. The van der Waals surface area contributed by atoms with Crippen LogP contribution in [0.4, 0.5) is 0 Å². The molecular formula is C19H30ClIN4O2. The van der Waals surface area contributed by atoms with Crippen molar-refractivity contribution in [1.82, 2.24) is 15.5 Å². The zero-order valence-corrected chi connectivity index (χ0v) is 19.3. The Bertz CT molecular complexity index is 629. The molecule has 0 bridgehead atoms. The summed E-state index contributed by atoms with van der Waals surface area (Å²) in [4.78, 5) is 18.3. The van der Waals surface area contributed by atoms with Crippen molar-refractivity contribution in [3.8, 4) is 5.75 Å². The molecule has 0 saturated carbocycles. The molecular weight excluding hydrogens is 479 g/mol. The highest BCUT2D eigenvalue weighted by Gasteiger charge is 2.25. The van der Waals surface area contributed by atoms with Gasteiger partial charge < -0.3 is 20.3 Å².